The quantitative estimate of drug-likeness (QED) is 0.462. The Labute approximate surface area is 125 Å². The number of benzene rings is 2. The van der Waals surface area contributed by atoms with Gasteiger partial charge in [-0.05, 0) is 23.6 Å². The van der Waals surface area contributed by atoms with Crippen LogP contribution in [0.4, 0.5) is 0 Å². The molecule has 0 bridgehead atoms. The number of hydrogen-bond acceptors (Lipinski definition) is 2. The maximum atomic E-state index is 12.2. The minimum absolute atomic E-state index is 0.338. The highest BCUT2D eigenvalue weighted by atomic mass is 16.5. The molecule has 2 heteroatoms. The van der Waals surface area contributed by atoms with E-state index in [1.807, 2.05) is 67.6 Å². The van der Waals surface area contributed by atoms with Gasteiger partial charge in [0.1, 0.15) is 5.57 Å². The number of carbonyl (C=O) groups excluding carboxylic acids is 1. The zero-order chi connectivity index (χ0) is 14.9. The van der Waals surface area contributed by atoms with Gasteiger partial charge in [-0.1, -0.05) is 67.6 Å². The number of ether oxygens (including phenoxy) is 1. The van der Waals surface area contributed by atoms with Crippen molar-refractivity contribution in [3.05, 3.63) is 77.5 Å². The Morgan fingerprint density at radius 3 is 2.29 bits per heavy atom. The van der Waals surface area contributed by atoms with Gasteiger partial charge in [-0.2, -0.15) is 0 Å². The van der Waals surface area contributed by atoms with Gasteiger partial charge in [0.05, 0.1) is 6.61 Å². The largest absolute Gasteiger partial charge is 0.462 e. The van der Waals surface area contributed by atoms with Crippen LogP contribution in [0.2, 0.25) is 0 Å². The minimum atomic E-state index is -0.338. The molecule has 0 saturated heterocycles. The molecule has 2 aromatic rings. The van der Waals surface area contributed by atoms with Crippen molar-refractivity contribution in [2.24, 2.45) is 0 Å². The molecule has 21 heavy (non-hydrogen) atoms. The van der Waals surface area contributed by atoms with Crippen molar-refractivity contribution in [3.8, 4) is 0 Å². The summed E-state index contributed by atoms with van der Waals surface area (Å²) >= 11 is 0. The molecule has 0 aliphatic heterocycles. The average Bonchev–Trinajstić information content (AvgIpc) is 2.55. The van der Waals surface area contributed by atoms with E-state index in [-0.39, 0.29) is 5.97 Å². The Morgan fingerprint density at radius 2 is 1.67 bits per heavy atom. The first-order chi connectivity index (χ1) is 10.3. The number of carbonyl (C=O) groups is 1. The van der Waals surface area contributed by atoms with Crippen molar-refractivity contribution in [1.29, 1.82) is 0 Å². The summed E-state index contributed by atoms with van der Waals surface area (Å²) in [5, 5.41) is 0. The van der Waals surface area contributed by atoms with E-state index >= 15 is 0 Å². The van der Waals surface area contributed by atoms with Crippen LogP contribution in [-0.4, -0.2) is 12.6 Å². The molecule has 106 valence electrons. The molecular weight excluding hydrogens is 260 g/mol. The zero-order valence-electron chi connectivity index (χ0n) is 12.1. The number of hydrogen-bond donors (Lipinski definition) is 0. The third-order valence-corrected chi connectivity index (χ3v) is 2.89. The predicted octanol–water partition coefficient (Wildman–Crippen LogP) is 4.34. The molecule has 0 spiro atoms. The third-order valence-electron chi connectivity index (χ3n) is 2.89. The van der Waals surface area contributed by atoms with E-state index in [2.05, 4.69) is 5.73 Å². The highest BCUT2D eigenvalue weighted by Gasteiger charge is 2.12. The molecule has 2 nitrogen and oxygen atoms in total. The molecule has 0 aliphatic carbocycles. The first-order valence-corrected chi connectivity index (χ1v) is 7.05. The van der Waals surface area contributed by atoms with Crippen LogP contribution in [-0.2, 0) is 9.53 Å². The highest BCUT2D eigenvalue weighted by molar-refractivity contribution is 6.16. The lowest BCUT2D eigenvalue weighted by molar-refractivity contribution is -0.136. The Kier molecular flexibility index (Phi) is 5.57. The topological polar surface area (TPSA) is 26.3 Å². The molecule has 2 rings (SSSR count). The van der Waals surface area contributed by atoms with E-state index in [9.17, 15) is 4.79 Å². The Morgan fingerprint density at radius 1 is 1.05 bits per heavy atom. The van der Waals surface area contributed by atoms with Gasteiger partial charge < -0.3 is 4.74 Å². The molecule has 2 aromatic carbocycles. The molecule has 0 atom stereocenters. The molecule has 0 unspecified atom stereocenters. The summed E-state index contributed by atoms with van der Waals surface area (Å²) < 4.78 is 5.24. The summed E-state index contributed by atoms with van der Waals surface area (Å²) in [6.07, 6.45) is 2.60. The van der Waals surface area contributed by atoms with Crippen LogP contribution in [0.5, 0.6) is 0 Å². The van der Waals surface area contributed by atoms with Crippen molar-refractivity contribution >= 4 is 17.6 Å². The van der Waals surface area contributed by atoms with Crippen LogP contribution in [0.1, 0.15) is 24.5 Å². The zero-order valence-corrected chi connectivity index (χ0v) is 12.1. The van der Waals surface area contributed by atoms with Crippen molar-refractivity contribution in [2.75, 3.05) is 6.61 Å². The van der Waals surface area contributed by atoms with E-state index < -0.39 is 0 Å². The second kappa shape index (κ2) is 7.88. The van der Waals surface area contributed by atoms with Gasteiger partial charge in [0.25, 0.3) is 0 Å². The molecule has 0 saturated carbocycles. The first kappa shape index (κ1) is 14.8. The maximum absolute atomic E-state index is 12.2. The summed E-state index contributed by atoms with van der Waals surface area (Å²) in [5.41, 5.74) is 5.34. The van der Waals surface area contributed by atoms with Gasteiger partial charge in [0.2, 0.25) is 0 Å². The van der Waals surface area contributed by atoms with E-state index in [0.29, 0.717) is 12.2 Å². The standard InChI is InChI=1S/C19H18O2/c1-2-15-21-19(20)18(17-11-7-4-8-12-17)14-13-16-9-5-3-6-10-16/h3-13H,2,15H2,1H3. The fourth-order valence-corrected chi connectivity index (χ4v) is 1.84. The van der Waals surface area contributed by atoms with Crippen LogP contribution >= 0.6 is 0 Å². The smallest absolute Gasteiger partial charge is 0.346 e. The second-order valence-electron chi connectivity index (χ2n) is 4.58. The summed E-state index contributed by atoms with van der Waals surface area (Å²) in [4.78, 5) is 12.2. The van der Waals surface area contributed by atoms with Gasteiger partial charge in [-0.3, -0.25) is 0 Å². The molecule has 0 heterocycles. The molecule has 0 aliphatic rings. The summed E-state index contributed by atoms with van der Waals surface area (Å²) in [5.74, 6) is -0.338. The Bertz CT molecular complexity index is 636. The fraction of sp³-hybridized carbons (Fsp3) is 0.158. The lowest BCUT2D eigenvalue weighted by atomic mass is 10.1. The van der Waals surface area contributed by atoms with E-state index in [0.717, 1.165) is 17.5 Å². The van der Waals surface area contributed by atoms with Crippen molar-refractivity contribution < 1.29 is 9.53 Å². The van der Waals surface area contributed by atoms with Gasteiger partial charge in [0.15, 0.2) is 0 Å². The lowest BCUT2D eigenvalue weighted by Crippen LogP contribution is -2.07. The van der Waals surface area contributed by atoms with Crippen molar-refractivity contribution in [3.63, 3.8) is 0 Å². The third kappa shape index (κ3) is 4.48. The van der Waals surface area contributed by atoms with Crippen molar-refractivity contribution in [1.82, 2.24) is 0 Å². The minimum Gasteiger partial charge on any atom is -0.462 e. The van der Waals surface area contributed by atoms with E-state index in [1.54, 1.807) is 6.08 Å². The molecular formula is C19H18O2. The molecule has 0 fully saturated rings. The van der Waals surface area contributed by atoms with Gasteiger partial charge in [-0.25, -0.2) is 4.79 Å². The maximum Gasteiger partial charge on any atom is 0.346 e. The monoisotopic (exact) mass is 278 g/mol. The Balaban J connectivity index is 2.36. The van der Waals surface area contributed by atoms with Crippen LogP contribution in [0.25, 0.3) is 11.6 Å². The van der Waals surface area contributed by atoms with Crippen molar-refractivity contribution in [2.45, 2.75) is 13.3 Å². The molecule has 0 N–H and O–H groups in total. The second-order valence-corrected chi connectivity index (χ2v) is 4.58. The summed E-state index contributed by atoms with van der Waals surface area (Å²) in [6.45, 7) is 2.39. The number of esters is 1. The van der Waals surface area contributed by atoms with Crippen LogP contribution in [0, 0.1) is 0 Å². The van der Waals surface area contributed by atoms with E-state index in [4.69, 9.17) is 4.74 Å². The van der Waals surface area contributed by atoms with Gasteiger partial charge in [0, 0.05) is 0 Å². The van der Waals surface area contributed by atoms with Crippen LogP contribution in [0.15, 0.2) is 66.4 Å². The summed E-state index contributed by atoms with van der Waals surface area (Å²) in [7, 11) is 0. The highest BCUT2D eigenvalue weighted by Crippen LogP contribution is 2.15. The fourth-order valence-electron chi connectivity index (χ4n) is 1.84. The lowest BCUT2D eigenvalue weighted by Gasteiger charge is -2.05. The van der Waals surface area contributed by atoms with Gasteiger partial charge >= 0.3 is 5.97 Å². The number of rotatable bonds is 5. The van der Waals surface area contributed by atoms with Crippen LogP contribution in [0.3, 0.4) is 0 Å². The van der Waals surface area contributed by atoms with Crippen LogP contribution < -0.4 is 0 Å². The van der Waals surface area contributed by atoms with Gasteiger partial charge in [-0.15, -0.1) is 5.73 Å². The molecule has 0 radical (unpaired) electrons. The molecule has 0 amide bonds. The average molecular weight is 278 g/mol. The molecule has 0 aromatic heterocycles. The normalized spacial score (nSPS) is 9.57. The SMILES string of the molecule is CCCOC(=O)C(=C=Cc1ccccc1)c1ccccc1. The summed E-state index contributed by atoms with van der Waals surface area (Å²) in [6, 6.07) is 19.3. The predicted molar refractivity (Wildman–Crippen MR) is 85.5 cm³/mol. The Hall–Kier alpha value is -2.57. The first-order valence-electron chi connectivity index (χ1n) is 7.05. The van der Waals surface area contributed by atoms with E-state index in [1.165, 1.54) is 0 Å².